The molecular weight excluding hydrogens is 328 g/mol. The maximum absolute atomic E-state index is 11.6. The molecule has 1 aromatic heterocycles. The highest BCUT2D eigenvalue weighted by Crippen LogP contribution is 2.35. The van der Waals surface area contributed by atoms with Crippen LogP contribution in [-0.2, 0) is 14.4 Å². The molecule has 4 N–H and O–H groups in total. The zero-order valence-corrected chi connectivity index (χ0v) is 12.8. The second kappa shape index (κ2) is 6.75. The number of rotatable bonds is 7. The monoisotopic (exact) mass is 340 g/mol. The van der Waals surface area contributed by atoms with Crippen LogP contribution < -0.4 is 5.73 Å². The molecule has 0 aliphatic rings. The van der Waals surface area contributed by atoms with Crippen molar-refractivity contribution in [2.24, 2.45) is 11.7 Å². The van der Waals surface area contributed by atoms with Crippen molar-refractivity contribution in [2.75, 3.05) is 0 Å². The summed E-state index contributed by atoms with van der Waals surface area (Å²) in [5.41, 5.74) is 5.98. The lowest BCUT2D eigenvalue weighted by Crippen LogP contribution is -2.38. The van der Waals surface area contributed by atoms with Crippen molar-refractivity contribution in [3.8, 4) is 0 Å². The number of benzene rings is 1. The number of nitrogens with zero attached hydrogens (tertiary/aromatic N) is 1. The highest BCUT2D eigenvalue weighted by Gasteiger charge is 2.36. The van der Waals surface area contributed by atoms with E-state index in [1.54, 1.807) is 6.07 Å². The van der Waals surface area contributed by atoms with Gasteiger partial charge in [-0.1, -0.05) is 23.9 Å². The lowest BCUT2D eigenvalue weighted by Gasteiger charge is -2.17. The Morgan fingerprint density at radius 1 is 1.27 bits per heavy atom. The molecule has 0 aliphatic carbocycles. The Kier molecular flexibility index (Phi) is 4.99. The van der Waals surface area contributed by atoms with Crippen LogP contribution >= 0.6 is 23.1 Å². The molecule has 2 atom stereocenters. The van der Waals surface area contributed by atoms with E-state index in [1.807, 2.05) is 18.2 Å². The molecule has 1 heterocycles. The Morgan fingerprint density at radius 2 is 1.95 bits per heavy atom. The third kappa shape index (κ3) is 3.74. The number of carboxylic acids is 2. The Balaban J connectivity index is 2.28. The minimum Gasteiger partial charge on any atom is -0.481 e. The molecule has 2 unspecified atom stereocenters. The van der Waals surface area contributed by atoms with Gasteiger partial charge < -0.3 is 15.9 Å². The highest BCUT2D eigenvalue weighted by molar-refractivity contribution is 8.02. The van der Waals surface area contributed by atoms with Gasteiger partial charge in [-0.15, -0.1) is 11.3 Å². The molecule has 1 aromatic carbocycles. The summed E-state index contributed by atoms with van der Waals surface area (Å²) in [6, 6.07) is 7.29. The van der Waals surface area contributed by atoms with Crippen LogP contribution in [0.25, 0.3) is 10.2 Å². The zero-order chi connectivity index (χ0) is 16.3. The van der Waals surface area contributed by atoms with Crippen molar-refractivity contribution in [3.05, 3.63) is 24.3 Å². The molecule has 2 aromatic rings. The van der Waals surface area contributed by atoms with Crippen LogP contribution in [0.15, 0.2) is 28.6 Å². The normalized spacial score (nSPS) is 13.6. The smallest absolute Gasteiger partial charge is 0.308 e. The number of carbonyl (C=O) groups is 3. The first-order valence-corrected chi connectivity index (χ1v) is 7.84. The van der Waals surface area contributed by atoms with E-state index in [9.17, 15) is 14.4 Å². The second-order valence-electron chi connectivity index (χ2n) is 4.43. The molecule has 9 heteroatoms. The van der Waals surface area contributed by atoms with E-state index in [1.165, 1.54) is 11.3 Å². The largest absolute Gasteiger partial charge is 0.481 e. The van der Waals surface area contributed by atoms with E-state index in [-0.39, 0.29) is 0 Å². The van der Waals surface area contributed by atoms with Gasteiger partial charge >= 0.3 is 11.9 Å². The van der Waals surface area contributed by atoms with Gasteiger partial charge in [0.25, 0.3) is 0 Å². The summed E-state index contributed by atoms with van der Waals surface area (Å²) in [7, 11) is 0. The molecule has 2 rings (SSSR count). The molecular formula is C13H12N2O5S2. The SMILES string of the molecule is NC(=O)C(Sc1nc2ccccc2s1)C(CC(=O)O)C(=O)O. The number of thioether (sulfide) groups is 1. The van der Waals surface area contributed by atoms with Crippen molar-refractivity contribution >= 4 is 51.2 Å². The third-order valence-corrected chi connectivity index (χ3v) is 5.34. The van der Waals surface area contributed by atoms with Crippen LogP contribution in [0.4, 0.5) is 0 Å². The summed E-state index contributed by atoms with van der Waals surface area (Å²) in [4.78, 5) is 37.9. The first kappa shape index (κ1) is 16.2. The summed E-state index contributed by atoms with van der Waals surface area (Å²) in [5, 5.41) is 16.8. The number of aliphatic carboxylic acids is 2. The van der Waals surface area contributed by atoms with Crippen LogP contribution in [0.1, 0.15) is 6.42 Å². The summed E-state index contributed by atoms with van der Waals surface area (Å²) in [5.74, 6) is -4.96. The molecule has 0 fully saturated rings. The first-order chi connectivity index (χ1) is 10.4. The Bertz CT molecular complexity index is 697. The summed E-state index contributed by atoms with van der Waals surface area (Å²) in [6.07, 6.45) is -0.680. The number of aromatic nitrogens is 1. The average molecular weight is 340 g/mol. The van der Waals surface area contributed by atoms with Gasteiger partial charge in [-0.05, 0) is 12.1 Å². The van der Waals surface area contributed by atoms with Crippen LogP contribution in [0.3, 0.4) is 0 Å². The second-order valence-corrected chi connectivity index (χ2v) is 6.85. The van der Waals surface area contributed by atoms with Crippen LogP contribution in [0.5, 0.6) is 0 Å². The fourth-order valence-corrected chi connectivity index (χ4v) is 4.19. The number of hydrogen-bond donors (Lipinski definition) is 3. The van der Waals surface area contributed by atoms with Gasteiger partial charge in [0.1, 0.15) is 5.25 Å². The number of fused-ring (bicyclic) bond motifs is 1. The van der Waals surface area contributed by atoms with Crippen LogP contribution in [0, 0.1) is 5.92 Å². The summed E-state index contributed by atoms with van der Waals surface area (Å²) < 4.78 is 1.36. The number of carbonyl (C=O) groups excluding carboxylic acids is 1. The number of hydrogen-bond acceptors (Lipinski definition) is 6. The molecule has 0 spiro atoms. The number of primary amides is 1. The fraction of sp³-hybridized carbons (Fsp3) is 0.231. The highest BCUT2D eigenvalue weighted by atomic mass is 32.2. The Morgan fingerprint density at radius 3 is 2.50 bits per heavy atom. The molecule has 22 heavy (non-hydrogen) atoms. The molecule has 0 bridgehead atoms. The first-order valence-electron chi connectivity index (χ1n) is 6.14. The van der Waals surface area contributed by atoms with Crippen molar-refractivity contribution in [1.29, 1.82) is 0 Å². The van der Waals surface area contributed by atoms with E-state index < -0.39 is 35.4 Å². The van der Waals surface area contributed by atoms with Gasteiger partial charge in [-0.3, -0.25) is 14.4 Å². The van der Waals surface area contributed by atoms with E-state index in [4.69, 9.17) is 15.9 Å². The Labute approximate surface area is 133 Å². The average Bonchev–Trinajstić information content (AvgIpc) is 2.84. The van der Waals surface area contributed by atoms with Gasteiger partial charge in [0.2, 0.25) is 5.91 Å². The van der Waals surface area contributed by atoms with Gasteiger partial charge in [-0.2, -0.15) is 0 Å². The topological polar surface area (TPSA) is 131 Å². The molecule has 7 nitrogen and oxygen atoms in total. The van der Waals surface area contributed by atoms with E-state index in [0.29, 0.717) is 4.34 Å². The predicted molar refractivity (Wildman–Crippen MR) is 81.8 cm³/mol. The van der Waals surface area contributed by atoms with E-state index >= 15 is 0 Å². The number of nitrogens with two attached hydrogens (primary N) is 1. The molecule has 116 valence electrons. The third-order valence-electron chi connectivity index (χ3n) is 2.86. The predicted octanol–water partition coefficient (Wildman–Crippen LogP) is 1.42. The van der Waals surface area contributed by atoms with Crippen molar-refractivity contribution in [2.45, 2.75) is 16.0 Å². The van der Waals surface area contributed by atoms with Gasteiger partial charge in [-0.25, -0.2) is 4.98 Å². The minimum atomic E-state index is -1.41. The molecule has 0 aliphatic heterocycles. The number of carboxylic acid groups (broad SMARTS) is 2. The van der Waals surface area contributed by atoms with Crippen LogP contribution in [0.2, 0.25) is 0 Å². The number of thiazole rings is 1. The van der Waals surface area contributed by atoms with Crippen molar-refractivity contribution in [3.63, 3.8) is 0 Å². The fourth-order valence-electron chi connectivity index (χ4n) is 1.86. The van der Waals surface area contributed by atoms with Gasteiger partial charge in [0.15, 0.2) is 4.34 Å². The standard InChI is InChI=1S/C13H12N2O5S2/c14-11(18)10(6(12(19)20)5-9(16)17)22-13-15-7-3-1-2-4-8(7)21-13/h1-4,6,10H,5H2,(H2,14,18)(H,16,17)(H,19,20). The van der Waals surface area contributed by atoms with Crippen LogP contribution in [-0.4, -0.2) is 38.3 Å². The van der Waals surface area contributed by atoms with Crippen molar-refractivity contribution < 1.29 is 24.6 Å². The lowest BCUT2D eigenvalue weighted by atomic mass is 10.0. The molecule has 0 radical (unpaired) electrons. The summed E-state index contributed by atoms with van der Waals surface area (Å²) >= 11 is 2.18. The number of para-hydroxylation sites is 1. The van der Waals surface area contributed by atoms with E-state index in [0.717, 1.165) is 22.0 Å². The maximum Gasteiger partial charge on any atom is 0.308 e. The molecule has 0 saturated carbocycles. The van der Waals surface area contributed by atoms with Gasteiger partial charge in [0.05, 0.1) is 22.6 Å². The van der Waals surface area contributed by atoms with Crippen molar-refractivity contribution in [1.82, 2.24) is 4.98 Å². The molecule has 0 saturated heterocycles. The molecule has 1 amide bonds. The Hall–Kier alpha value is -2.13. The zero-order valence-electron chi connectivity index (χ0n) is 11.1. The summed E-state index contributed by atoms with van der Waals surface area (Å²) in [6.45, 7) is 0. The number of amides is 1. The lowest BCUT2D eigenvalue weighted by molar-refractivity contribution is -0.149. The quantitative estimate of drug-likeness (QED) is 0.650. The minimum absolute atomic E-state index is 0.474. The van der Waals surface area contributed by atoms with E-state index in [2.05, 4.69) is 4.98 Å². The maximum atomic E-state index is 11.6. The van der Waals surface area contributed by atoms with Gasteiger partial charge in [0, 0.05) is 0 Å².